The van der Waals surface area contributed by atoms with Gasteiger partial charge < -0.3 is 9.30 Å². The molecule has 0 atom stereocenters. The van der Waals surface area contributed by atoms with Crippen molar-refractivity contribution >= 4 is 45.8 Å². The summed E-state index contributed by atoms with van der Waals surface area (Å²) in [5, 5.41) is 11.3. The second kappa shape index (κ2) is 10.1. The number of halogens is 1. The maximum Gasteiger partial charge on any atom is 0.341 e. The van der Waals surface area contributed by atoms with Crippen LogP contribution in [0, 0.1) is 10.1 Å². The topological polar surface area (TPSA) is 138 Å². The molecular formula is C24H20ClN5O6. The van der Waals surface area contributed by atoms with Gasteiger partial charge in [-0.25, -0.2) is 9.78 Å². The standard InChI is InChI=1S/C24H20ClN5O6/c1-3-10-29-20-16(23(32)28-11-6-5-7-19(28)26-20)13-17(24(33)36-4-2)21(29)27-22(31)15-12-14(30(34)35)8-9-18(15)25/h5-9,11-13H,3-4,10H2,1-2H3. The molecule has 0 N–H and O–H groups in total. The number of ether oxygens (including phenoxy) is 1. The van der Waals surface area contributed by atoms with Crippen LogP contribution < -0.4 is 11.0 Å². The van der Waals surface area contributed by atoms with Gasteiger partial charge in [-0.1, -0.05) is 24.6 Å². The Hall–Kier alpha value is -4.38. The zero-order chi connectivity index (χ0) is 26.0. The molecular weight excluding hydrogens is 490 g/mol. The number of nitro groups is 1. The van der Waals surface area contributed by atoms with Crippen molar-refractivity contribution in [2.75, 3.05) is 6.61 Å². The fraction of sp³-hybridized carbons (Fsp3) is 0.208. The van der Waals surface area contributed by atoms with Crippen LogP contribution in [0.3, 0.4) is 0 Å². The van der Waals surface area contributed by atoms with Crippen molar-refractivity contribution in [2.45, 2.75) is 26.8 Å². The third-order valence-electron chi connectivity index (χ3n) is 5.33. The molecule has 0 saturated carbocycles. The third-order valence-corrected chi connectivity index (χ3v) is 5.66. The minimum absolute atomic E-state index is 0.0442. The molecule has 0 aliphatic heterocycles. The minimum atomic E-state index is -0.907. The number of hydrogen-bond donors (Lipinski definition) is 0. The van der Waals surface area contributed by atoms with E-state index >= 15 is 0 Å². The van der Waals surface area contributed by atoms with Crippen LogP contribution in [0.2, 0.25) is 5.02 Å². The van der Waals surface area contributed by atoms with E-state index in [4.69, 9.17) is 16.3 Å². The first kappa shape index (κ1) is 24.7. The van der Waals surface area contributed by atoms with Crippen molar-refractivity contribution in [1.29, 1.82) is 0 Å². The maximum absolute atomic E-state index is 13.3. The molecule has 3 aromatic heterocycles. The Morgan fingerprint density at radius 1 is 1.17 bits per heavy atom. The largest absolute Gasteiger partial charge is 0.462 e. The number of carbonyl (C=O) groups is 2. The smallest absolute Gasteiger partial charge is 0.341 e. The summed E-state index contributed by atoms with van der Waals surface area (Å²) in [5.74, 6) is -1.70. The monoisotopic (exact) mass is 509 g/mol. The lowest BCUT2D eigenvalue weighted by atomic mass is 10.1. The fourth-order valence-electron chi connectivity index (χ4n) is 3.74. The number of aryl methyl sites for hydroxylation is 1. The number of non-ortho nitro benzene ring substituents is 1. The number of carbonyl (C=O) groups excluding carboxylic acids is 2. The average Bonchev–Trinajstić information content (AvgIpc) is 2.85. The van der Waals surface area contributed by atoms with Crippen molar-refractivity contribution in [1.82, 2.24) is 14.0 Å². The number of hydrogen-bond acceptors (Lipinski definition) is 7. The van der Waals surface area contributed by atoms with Gasteiger partial charge in [-0.3, -0.25) is 24.1 Å². The summed E-state index contributed by atoms with van der Waals surface area (Å²) >= 11 is 6.14. The number of pyridine rings is 2. The van der Waals surface area contributed by atoms with Gasteiger partial charge in [0, 0.05) is 24.9 Å². The summed E-state index contributed by atoms with van der Waals surface area (Å²) in [6.45, 7) is 3.79. The number of nitrogens with zero attached hydrogens (tertiary/aromatic N) is 5. The molecule has 0 spiro atoms. The number of aromatic nitrogens is 3. The molecule has 1 amide bonds. The van der Waals surface area contributed by atoms with Crippen molar-refractivity contribution in [3.8, 4) is 0 Å². The van der Waals surface area contributed by atoms with Gasteiger partial charge in [0.1, 0.15) is 16.9 Å². The van der Waals surface area contributed by atoms with Crippen LogP contribution in [-0.4, -0.2) is 37.4 Å². The predicted octanol–water partition coefficient (Wildman–Crippen LogP) is 3.54. The molecule has 0 saturated heterocycles. The van der Waals surface area contributed by atoms with Crippen LogP contribution in [0.1, 0.15) is 41.0 Å². The van der Waals surface area contributed by atoms with Crippen molar-refractivity contribution in [2.24, 2.45) is 4.99 Å². The van der Waals surface area contributed by atoms with E-state index in [1.54, 1.807) is 31.3 Å². The first-order valence-corrected chi connectivity index (χ1v) is 11.4. The highest BCUT2D eigenvalue weighted by molar-refractivity contribution is 6.34. The van der Waals surface area contributed by atoms with Gasteiger partial charge in [0.05, 0.1) is 27.5 Å². The summed E-state index contributed by atoms with van der Waals surface area (Å²) in [5.41, 5.74) is -0.601. The number of benzene rings is 1. The van der Waals surface area contributed by atoms with E-state index in [0.717, 1.165) is 6.07 Å². The van der Waals surface area contributed by atoms with Gasteiger partial charge in [-0.05, 0) is 37.6 Å². The van der Waals surface area contributed by atoms with Crippen molar-refractivity contribution in [3.05, 3.63) is 90.8 Å². The van der Waals surface area contributed by atoms with E-state index in [9.17, 15) is 24.5 Å². The lowest BCUT2D eigenvalue weighted by Crippen LogP contribution is -2.32. The van der Waals surface area contributed by atoms with Gasteiger partial charge in [-0.15, -0.1) is 0 Å². The highest BCUT2D eigenvalue weighted by Gasteiger charge is 2.21. The van der Waals surface area contributed by atoms with Crippen LogP contribution in [0.25, 0.3) is 16.7 Å². The van der Waals surface area contributed by atoms with Gasteiger partial charge in [0.15, 0.2) is 5.49 Å². The molecule has 12 heteroatoms. The lowest BCUT2D eigenvalue weighted by molar-refractivity contribution is -0.384. The Morgan fingerprint density at radius 2 is 1.94 bits per heavy atom. The van der Waals surface area contributed by atoms with Gasteiger partial charge >= 0.3 is 5.97 Å². The summed E-state index contributed by atoms with van der Waals surface area (Å²) in [6.07, 6.45) is 2.11. The van der Waals surface area contributed by atoms with E-state index in [0.29, 0.717) is 12.1 Å². The number of esters is 1. The van der Waals surface area contributed by atoms with Crippen LogP contribution in [0.5, 0.6) is 0 Å². The molecule has 0 fully saturated rings. The number of fused-ring (bicyclic) bond motifs is 2. The van der Waals surface area contributed by atoms with Gasteiger partial charge in [0.2, 0.25) is 0 Å². The van der Waals surface area contributed by atoms with Crippen LogP contribution in [0.4, 0.5) is 5.69 Å². The Balaban J connectivity index is 2.11. The normalized spacial score (nSPS) is 11.7. The zero-order valence-corrected chi connectivity index (χ0v) is 20.1. The van der Waals surface area contributed by atoms with Crippen LogP contribution in [0.15, 0.2) is 58.4 Å². The summed E-state index contributed by atoms with van der Waals surface area (Å²) in [6, 6.07) is 9.77. The molecule has 3 heterocycles. The third kappa shape index (κ3) is 4.48. The first-order chi connectivity index (χ1) is 17.3. The molecule has 4 aromatic rings. The number of nitro benzene ring substituents is 1. The SMILES string of the molecule is CCCn1c(=NC(=O)c2cc([N+](=O)[O-])ccc2Cl)c(C(=O)OCC)cc2c(=O)n3ccccc3nc21. The lowest BCUT2D eigenvalue weighted by Gasteiger charge is -2.14. The van der Waals surface area contributed by atoms with Crippen LogP contribution in [-0.2, 0) is 11.3 Å². The second-order valence-corrected chi connectivity index (χ2v) is 8.08. The van der Waals surface area contributed by atoms with Gasteiger partial charge in [0.25, 0.3) is 17.2 Å². The van der Waals surface area contributed by atoms with E-state index in [-0.39, 0.29) is 51.5 Å². The van der Waals surface area contributed by atoms with E-state index < -0.39 is 22.4 Å². The Morgan fingerprint density at radius 3 is 2.64 bits per heavy atom. The summed E-state index contributed by atoms with van der Waals surface area (Å²) in [7, 11) is 0. The Labute approximate surface area is 208 Å². The Kier molecular flexibility index (Phi) is 6.93. The first-order valence-electron chi connectivity index (χ1n) is 11.0. The molecule has 0 unspecified atom stereocenters. The highest BCUT2D eigenvalue weighted by Crippen LogP contribution is 2.23. The summed E-state index contributed by atoms with van der Waals surface area (Å²) in [4.78, 5) is 58.6. The molecule has 1 aromatic carbocycles. The maximum atomic E-state index is 13.3. The minimum Gasteiger partial charge on any atom is -0.462 e. The molecule has 0 bridgehead atoms. The van der Waals surface area contributed by atoms with E-state index in [2.05, 4.69) is 9.98 Å². The van der Waals surface area contributed by atoms with Crippen molar-refractivity contribution in [3.63, 3.8) is 0 Å². The zero-order valence-electron chi connectivity index (χ0n) is 19.3. The van der Waals surface area contributed by atoms with Crippen molar-refractivity contribution < 1.29 is 19.2 Å². The average molecular weight is 510 g/mol. The van der Waals surface area contributed by atoms with Crippen LogP contribution >= 0.6 is 11.6 Å². The summed E-state index contributed by atoms with van der Waals surface area (Å²) < 4.78 is 8.02. The highest BCUT2D eigenvalue weighted by atomic mass is 35.5. The van der Waals surface area contributed by atoms with E-state index in [1.165, 1.54) is 27.2 Å². The van der Waals surface area contributed by atoms with E-state index in [1.807, 2.05) is 6.92 Å². The molecule has 36 heavy (non-hydrogen) atoms. The number of rotatable bonds is 6. The molecule has 0 aliphatic carbocycles. The van der Waals surface area contributed by atoms with Gasteiger partial charge in [-0.2, -0.15) is 4.99 Å². The predicted molar refractivity (Wildman–Crippen MR) is 131 cm³/mol. The molecule has 4 rings (SSSR count). The molecule has 11 nitrogen and oxygen atoms in total. The number of amides is 1. The Bertz CT molecular complexity index is 1670. The molecule has 0 aliphatic rings. The molecule has 184 valence electrons. The molecule has 0 radical (unpaired) electrons. The quantitative estimate of drug-likeness (QED) is 0.168. The second-order valence-electron chi connectivity index (χ2n) is 7.68. The fourth-order valence-corrected chi connectivity index (χ4v) is 3.94.